The fraction of sp³-hybridized carbons (Fsp3) is 0.857. The van der Waals surface area contributed by atoms with Gasteiger partial charge in [0.1, 0.15) is 17.2 Å². The molecule has 5 atom stereocenters. The Bertz CT molecular complexity index is 679. The summed E-state index contributed by atoms with van der Waals surface area (Å²) in [4.78, 5) is 42.1. The Hall–Kier alpha value is -1.83. The minimum absolute atomic E-state index is 0.146. The monoisotopic (exact) mass is 411 g/mol. The van der Waals surface area contributed by atoms with Gasteiger partial charge in [0, 0.05) is 11.6 Å². The Morgan fingerprint density at radius 1 is 1.21 bits per heavy atom. The van der Waals surface area contributed by atoms with Crippen LogP contribution in [0.3, 0.4) is 0 Å². The maximum Gasteiger partial charge on any atom is 0.411 e. The first-order chi connectivity index (χ1) is 13.0. The number of hydrogen-bond donors (Lipinski definition) is 2. The topological polar surface area (TPSA) is 99.2 Å². The summed E-state index contributed by atoms with van der Waals surface area (Å²) in [6, 6.07) is -1.58. The highest BCUT2D eigenvalue weighted by molar-refractivity contribution is 6.01. The van der Waals surface area contributed by atoms with Crippen LogP contribution in [-0.4, -0.2) is 73.7 Å². The molecule has 0 aromatic heterocycles. The average Bonchev–Trinajstić information content (AvgIpc) is 2.87. The summed E-state index contributed by atoms with van der Waals surface area (Å²) in [5.41, 5.74) is -2.20. The van der Waals surface area contributed by atoms with Crippen molar-refractivity contribution < 1.29 is 24.2 Å². The molecule has 29 heavy (non-hydrogen) atoms. The Balaban J connectivity index is 2.32. The molecule has 8 nitrogen and oxygen atoms in total. The van der Waals surface area contributed by atoms with E-state index < -0.39 is 46.9 Å². The maximum absolute atomic E-state index is 13.4. The third kappa shape index (κ3) is 4.22. The van der Waals surface area contributed by atoms with Gasteiger partial charge in [-0.25, -0.2) is 4.79 Å². The van der Waals surface area contributed by atoms with Gasteiger partial charge in [0.25, 0.3) is 5.91 Å². The average molecular weight is 412 g/mol. The summed E-state index contributed by atoms with van der Waals surface area (Å²) >= 11 is 0. The third-order valence-electron chi connectivity index (χ3n) is 5.64. The molecule has 2 saturated heterocycles. The molecule has 1 spiro atoms. The predicted octanol–water partition coefficient (Wildman–Crippen LogP) is 2.04. The molecular weight excluding hydrogens is 374 g/mol. The molecule has 166 valence electrons. The molecule has 2 aliphatic rings. The first-order valence-electron chi connectivity index (χ1n) is 10.4. The van der Waals surface area contributed by atoms with E-state index in [0.717, 1.165) is 0 Å². The zero-order valence-electron chi connectivity index (χ0n) is 19.2. The zero-order valence-corrected chi connectivity index (χ0v) is 19.2. The smallest absolute Gasteiger partial charge is 0.411 e. The molecule has 0 radical (unpaired) electrons. The first kappa shape index (κ1) is 23.4. The van der Waals surface area contributed by atoms with Crippen molar-refractivity contribution in [3.05, 3.63) is 0 Å². The van der Waals surface area contributed by atoms with E-state index in [1.165, 1.54) is 11.8 Å². The SMILES string of the molecule is CC(O)C(C(=O)NC(C)(C)C)N1C(=O)C2(CCC(C)N2C(=O)OC(C)(C)C)C1C. The molecular formula is C21H37N3O5. The van der Waals surface area contributed by atoms with Gasteiger partial charge in [-0.2, -0.15) is 0 Å². The number of hydrogen-bond acceptors (Lipinski definition) is 5. The number of amides is 3. The molecule has 5 unspecified atom stereocenters. The molecule has 0 saturated carbocycles. The second kappa shape index (κ2) is 7.45. The van der Waals surface area contributed by atoms with Crippen LogP contribution in [0.25, 0.3) is 0 Å². The largest absolute Gasteiger partial charge is 0.444 e. The third-order valence-corrected chi connectivity index (χ3v) is 5.64. The van der Waals surface area contributed by atoms with Crippen molar-refractivity contribution >= 4 is 17.9 Å². The maximum atomic E-state index is 13.4. The van der Waals surface area contributed by atoms with Crippen LogP contribution in [0, 0.1) is 0 Å². The van der Waals surface area contributed by atoms with Crippen LogP contribution < -0.4 is 5.32 Å². The van der Waals surface area contributed by atoms with Gasteiger partial charge in [0.05, 0.1) is 12.1 Å². The van der Waals surface area contributed by atoms with Crippen molar-refractivity contribution in [2.75, 3.05) is 0 Å². The number of nitrogens with one attached hydrogen (secondary N) is 1. The molecule has 2 rings (SSSR count). The molecule has 0 aromatic rings. The molecule has 2 N–H and O–H groups in total. The molecule has 0 aromatic carbocycles. The lowest BCUT2D eigenvalue weighted by Gasteiger charge is -2.59. The fourth-order valence-electron chi connectivity index (χ4n) is 4.48. The van der Waals surface area contributed by atoms with E-state index in [1.807, 2.05) is 34.6 Å². The molecule has 3 amide bonds. The zero-order chi connectivity index (χ0) is 22.5. The van der Waals surface area contributed by atoms with Crippen LogP contribution in [0.4, 0.5) is 4.79 Å². The minimum atomic E-state index is -1.05. The number of rotatable bonds is 3. The molecule has 0 aliphatic carbocycles. The molecule has 2 fully saturated rings. The van der Waals surface area contributed by atoms with E-state index in [2.05, 4.69) is 5.32 Å². The Morgan fingerprint density at radius 2 is 1.76 bits per heavy atom. The quantitative estimate of drug-likeness (QED) is 0.693. The number of likely N-dealkylation sites (tertiary alicyclic amines) is 2. The summed E-state index contributed by atoms with van der Waals surface area (Å²) in [5, 5.41) is 13.1. The van der Waals surface area contributed by atoms with Gasteiger partial charge < -0.3 is 20.1 Å². The number of nitrogens with zero attached hydrogens (tertiary/aromatic N) is 2. The van der Waals surface area contributed by atoms with Gasteiger partial charge in [0.15, 0.2) is 0 Å². The first-order valence-corrected chi connectivity index (χ1v) is 10.4. The Morgan fingerprint density at radius 3 is 2.17 bits per heavy atom. The van der Waals surface area contributed by atoms with Crippen LogP contribution in [0.1, 0.15) is 75.2 Å². The highest BCUT2D eigenvalue weighted by Gasteiger charge is 2.69. The highest BCUT2D eigenvalue weighted by atomic mass is 16.6. The predicted molar refractivity (Wildman–Crippen MR) is 109 cm³/mol. The van der Waals surface area contributed by atoms with Crippen LogP contribution in [0.2, 0.25) is 0 Å². The van der Waals surface area contributed by atoms with Crippen LogP contribution in [0.15, 0.2) is 0 Å². The summed E-state index contributed by atoms with van der Waals surface area (Å²) in [6.07, 6.45) is -0.376. The van der Waals surface area contributed by atoms with Gasteiger partial charge in [0.2, 0.25) is 5.91 Å². The highest BCUT2D eigenvalue weighted by Crippen LogP contribution is 2.48. The van der Waals surface area contributed by atoms with E-state index in [4.69, 9.17) is 4.74 Å². The van der Waals surface area contributed by atoms with E-state index in [9.17, 15) is 19.5 Å². The summed E-state index contributed by atoms with van der Waals surface area (Å²) in [7, 11) is 0. The number of aliphatic hydroxyl groups is 1. The van der Waals surface area contributed by atoms with E-state index >= 15 is 0 Å². The van der Waals surface area contributed by atoms with Gasteiger partial charge in [-0.3, -0.25) is 14.5 Å². The lowest BCUT2D eigenvalue weighted by molar-refractivity contribution is -0.184. The van der Waals surface area contributed by atoms with Gasteiger partial charge in [-0.15, -0.1) is 0 Å². The number of β-lactam (4-membered cyclic amide) rings is 1. The number of ether oxygens (including phenoxy) is 1. The minimum Gasteiger partial charge on any atom is -0.444 e. The van der Waals surface area contributed by atoms with E-state index in [-0.39, 0.29) is 11.9 Å². The molecule has 8 heteroatoms. The molecule has 2 aliphatic heterocycles. The Kier molecular flexibility index (Phi) is 6.03. The van der Waals surface area contributed by atoms with Crippen LogP contribution in [0.5, 0.6) is 0 Å². The van der Waals surface area contributed by atoms with Crippen molar-refractivity contribution in [3.8, 4) is 0 Å². The van der Waals surface area contributed by atoms with E-state index in [0.29, 0.717) is 12.8 Å². The van der Waals surface area contributed by atoms with Crippen LogP contribution >= 0.6 is 0 Å². The summed E-state index contributed by atoms with van der Waals surface area (Å²) in [6.45, 7) is 16.1. The molecule has 2 heterocycles. The van der Waals surface area contributed by atoms with Gasteiger partial charge >= 0.3 is 6.09 Å². The number of carbonyl (C=O) groups excluding carboxylic acids is 3. The Labute approximate surface area is 173 Å². The van der Waals surface area contributed by atoms with Crippen molar-refractivity contribution in [1.29, 1.82) is 0 Å². The lowest BCUT2D eigenvalue weighted by Crippen LogP contribution is -2.82. The van der Waals surface area contributed by atoms with Crippen molar-refractivity contribution in [3.63, 3.8) is 0 Å². The fourth-order valence-corrected chi connectivity index (χ4v) is 4.48. The van der Waals surface area contributed by atoms with E-state index in [1.54, 1.807) is 25.7 Å². The summed E-state index contributed by atoms with van der Waals surface area (Å²) < 4.78 is 5.56. The normalized spacial score (nSPS) is 29.5. The lowest BCUT2D eigenvalue weighted by atomic mass is 9.75. The second-order valence-electron chi connectivity index (χ2n) is 10.5. The van der Waals surface area contributed by atoms with Gasteiger partial charge in [-0.05, 0) is 75.2 Å². The van der Waals surface area contributed by atoms with Crippen molar-refractivity contribution in [1.82, 2.24) is 15.1 Å². The second-order valence-corrected chi connectivity index (χ2v) is 10.5. The molecule has 0 bridgehead atoms. The number of aliphatic hydroxyl groups excluding tert-OH is 1. The van der Waals surface area contributed by atoms with Crippen molar-refractivity contribution in [2.24, 2.45) is 0 Å². The number of carbonyl (C=O) groups is 3. The van der Waals surface area contributed by atoms with Crippen molar-refractivity contribution in [2.45, 2.75) is 116 Å². The summed E-state index contributed by atoms with van der Waals surface area (Å²) in [5.74, 6) is -0.715. The van der Waals surface area contributed by atoms with Crippen LogP contribution in [-0.2, 0) is 14.3 Å². The van der Waals surface area contributed by atoms with Gasteiger partial charge in [-0.1, -0.05) is 0 Å². The standard InChI is InChI=1S/C21H37N3O5/c1-12-10-11-21(24(12)18(28)29-20(7,8)9)14(3)23(17(21)27)15(13(2)25)16(26)22-19(4,5)6/h12-15,25H,10-11H2,1-9H3,(H,22,26).